The minimum Gasteiger partial charge on any atom is -0.496 e. The Kier molecular flexibility index (Phi) is 12.4. The lowest BCUT2D eigenvalue weighted by molar-refractivity contribution is -0.129. The van der Waals surface area contributed by atoms with Crippen molar-refractivity contribution in [2.75, 3.05) is 39.2 Å². The van der Waals surface area contributed by atoms with E-state index in [1.165, 1.54) is 7.11 Å². The summed E-state index contributed by atoms with van der Waals surface area (Å²) in [5.41, 5.74) is 5.89. The molecule has 3 aromatic heterocycles. The van der Waals surface area contributed by atoms with E-state index in [1.54, 1.807) is 39.4 Å². The number of amides is 2. The molecule has 1 aromatic carbocycles. The van der Waals surface area contributed by atoms with Gasteiger partial charge in [0.2, 0.25) is 11.8 Å². The Balaban J connectivity index is 1.32. The summed E-state index contributed by atoms with van der Waals surface area (Å²) in [4.78, 5) is 40.6. The molecule has 0 spiro atoms. The SMILES string of the molecule is COc1cc(C(=O)Nc2cccc(-c3nccc(-c4ccc(CNC5CCN(C(C)=O)CC5)c(OC)n4)c3Cl)c2C)ncc1CNC[C@@H](C)O. The molecule has 1 atom stereocenters. The third kappa shape index (κ3) is 8.75. The Bertz CT molecular complexity index is 1830. The minimum atomic E-state index is -0.486. The van der Waals surface area contributed by atoms with Crippen LogP contribution < -0.4 is 25.4 Å². The van der Waals surface area contributed by atoms with E-state index in [1.807, 2.05) is 48.2 Å². The quantitative estimate of drug-likeness (QED) is 0.150. The van der Waals surface area contributed by atoms with Gasteiger partial charge in [0.1, 0.15) is 11.4 Å². The van der Waals surface area contributed by atoms with Crippen LogP contribution in [0.25, 0.3) is 22.5 Å². The molecule has 50 heavy (non-hydrogen) atoms. The number of aliphatic hydroxyl groups excluding tert-OH is 1. The number of benzene rings is 1. The standard InChI is InChI=1S/C37H44ClN7O5/c1-22(46)18-39-19-26-21-42-32(17-33(26)49-4)36(48)43-30-8-6-7-28(23(30)2)35-34(38)29(11-14-40-35)31-10-9-25(37(44-31)50-5)20-41-27-12-15-45(16-13-27)24(3)47/h6-11,14,17,21-22,27,39,41,46H,12-13,15-16,18-20H2,1-5H3,(H,43,48)/t22-/m1/s1. The van der Waals surface area contributed by atoms with Crippen molar-refractivity contribution in [3.63, 3.8) is 0 Å². The van der Waals surface area contributed by atoms with Gasteiger partial charge in [-0.3, -0.25) is 19.6 Å². The molecule has 13 heteroatoms. The van der Waals surface area contributed by atoms with Gasteiger partial charge < -0.3 is 35.4 Å². The number of pyridine rings is 3. The number of piperidine rings is 1. The first-order valence-electron chi connectivity index (χ1n) is 16.6. The van der Waals surface area contributed by atoms with Crippen LogP contribution >= 0.6 is 11.6 Å². The Morgan fingerprint density at radius 1 is 1.04 bits per heavy atom. The number of nitrogens with zero attached hydrogens (tertiary/aromatic N) is 4. The van der Waals surface area contributed by atoms with Crippen molar-refractivity contribution in [1.82, 2.24) is 30.5 Å². The number of ether oxygens (including phenoxy) is 2. The van der Waals surface area contributed by atoms with Gasteiger partial charge in [-0.05, 0) is 50.5 Å². The number of aliphatic hydroxyl groups is 1. The van der Waals surface area contributed by atoms with E-state index in [0.717, 1.165) is 48.2 Å². The zero-order valence-corrected chi connectivity index (χ0v) is 29.8. The van der Waals surface area contributed by atoms with Gasteiger partial charge in [-0.25, -0.2) is 4.98 Å². The van der Waals surface area contributed by atoms with Crippen LogP contribution in [0.1, 0.15) is 53.9 Å². The molecule has 0 saturated carbocycles. The van der Waals surface area contributed by atoms with Crippen molar-refractivity contribution in [2.45, 2.75) is 58.8 Å². The summed E-state index contributed by atoms with van der Waals surface area (Å²) in [6.45, 7) is 8.16. The molecular weight excluding hydrogens is 658 g/mol. The van der Waals surface area contributed by atoms with Gasteiger partial charge in [-0.2, -0.15) is 0 Å². The number of hydrogen-bond acceptors (Lipinski definition) is 10. The summed E-state index contributed by atoms with van der Waals surface area (Å²) in [6.07, 6.45) is 4.59. The number of aromatic nitrogens is 3. The van der Waals surface area contributed by atoms with Gasteiger partial charge in [0.05, 0.1) is 36.7 Å². The normalized spacial score (nSPS) is 13.9. The number of methoxy groups -OCH3 is 2. The molecule has 2 amide bonds. The predicted molar refractivity (Wildman–Crippen MR) is 193 cm³/mol. The zero-order chi connectivity index (χ0) is 35.8. The highest BCUT2D eigenvalue weighted by Gasteiger charge is 2.22. The fraction of sp³-hybridized carbons (Fsp3) is 0.378. The summed E-state index contributed by atoms with van der Waals surface area (Å²) in [5.74, 6) is 0.740. The topological polar surface area (TPSA) is 151 Å². The minimum absolute atomic E-state index is 0.119. The zero-order valence-electron chi connectivity index (χ0n) is 29.0. The van der Waals surface area contributed by atoms with E-state index in [4.69, 9.17) is 26.1 Å². The fourth-order valence-electron chi connectivity index (χ4n) is 5.95. The maximum atomic E-state index is 13.3. The molecule has 0 bridgehead atoms. The number of nitrogens with one attached hydrogen (secondary N) is 3. The Hall–Kier alpha value is -4.62. The van der Waals surface area contributed by atoms with Crippen LogP contribution in [0.15, 0.2) is 54.9 Å². The smallest absolute Gasteiger partial charge is 0.274 e. The summed E-state index contributed by atoms with van der Waals surface area (Å²) in [5, 5.41) is 19.6. The third-order valence-corrected chi connectivity index (χ3v) is 9.19. The number of anilines is 1. The molecule has 1 aliphatic rings. The highest BCUT2D eigenvalue weighted by atomic mass is 35.5. The molecular formula is C37H44ClN7O5. The molecule has 12 nitrogen and oxygen atoms in total. The predicted octanol–water partition coefficient (Wildman–Crippen LogP) is 5.01. The van der Waals surface area contributed by atoms with Crippen LogP contribution in [0.2, 0.25) is 5.02 Å². The van der Waals surface area contributed by atoms with Crippen molar-refractivity contribution in [1.29, 1.82) is 0 Å². The summed E-state index contributed by atoms with van der Waals surface area (Å²) in [6, 6.07) is 13.2. The molecule has 4 N–H and O–H groups in total. The van der Waals surface area contributed by atoms with Crippen LogP contribution in [0.3, 0.4) is 0 Å². The molecule has 264 valence electrons. The number of likely N-dealkylation sites (tertiary alicyclic amines) is 1. The van der Waals surface area contributed by atoms with Crippen LogP contribution in [0.4, 0.5) is 5.69 Å². The van der Waals surface area contributed by atoms with Gasteiger partial charge in [-0.1, -0.05) is 29.8 Å². The van der Waals surface area contributed by atoms with E-state index < -0.39 is 12.0 Å². The van der Waals surface area contributed by atoms with Crippen molar-refractivity contribution in [3.05, 3.63) is 82.3 Å². The van der Waals surface area contributed by atoms with Gasteiger partial charge in [0, 0.05) is 92.1 Å². The maximum Gasteiger partial charge on any atom is 0.274 e. The highest BCUT2D eigenvalue weighted by Crippen LogP contribution is 2.38. The Labute approximate surface area is 297 Å². The maximum absolute atomic E-state index is 13.3. The van der Waals surface area contributed by atoms with Gasteiger partial charge in [-0.15, -0.1) is 0 Å². The molecule has 1 fully saturated rings. The van der Waals surface area contributed by atoms with Crippen LogP contribution in [-0.4, -0.2) is 82.8 Å². The lowest BCUT2D eigenvalue weighted by atomic mass is 10.0. The molecule has 4 aromatic rings. The second-order valence-electron chi connectivity index (χ2n) is 12.3. The number of carbonyl (C=O) groups is 2. The summed E-state index contributed by atoms with van der Waals surface area (Å²) in [7, 11) is 3.13. The Morgan fingerprint density at radius 2 is 1.82 bits per heavy atom. The van der Waals surface area contributed by atoms with E-state index in [9.17, 15) is 14.7 Å². The average Bonchev–Trinajstić information content (AvgIpc) is 3.12. The molecule has 4 heterocycles. The second-order valence-corrected chi connectivity index (χ2v) is 12.7. The van der Waals surface area contributed by atoms with Gasteiger partial charge in [0.15, 0.2) is 0 Å². The number of carbonyl (C=O) groups excluding carboxylic acids is 2. The average molecular weight is 702 g/mol. The van der Waals surface area contributed by atoms with E-state index in [-0.39, 0.29) is 11.6 Å². The van der Waals surface area contributed by atoms with Crippen LogP contribution in [0.5, 0.6) is 11.6 Å². The largest absolute Gasteiger partial charge is 0.496 e. The second kappa shape index (κ2) is 16.9. The highest BCUT2D eigenvalue weighted by molar-refractivity contribution is 6.35. The van der Waals surface area contributed by atoms with E-state index in [0.29, 0.717) is 65.0 Å². The van der Waals surface area contributed by atoms with Gasteiger partial charge in [0.25, 0.3) is 5.91 Å². The molecule has 1 aliphatic heterocycles. The van der Waals surface area contributed by atoms with E-state index >= 15 is 0 Å². The lowest BCUT2D eigenvalue weighted by Crippen LogP contribution is -2.44. The van der Waals surface area contributed by atoms with Crippen molar-refractivity contribution >= 4 is 29.1 Å². The number of rotatable bonds is 13. The lowest BCUT2D eigenvalue weighted by Gasteiger charge is -2.31. The van der Waals surface area contributed by atoms with E-state index in [2.05, 4.69) is 25.9 Å². The first-order valence-corrected chi connectivity index (χ1v) is 17.0. The van der Waals surface area contributed by atoms with Crippen molar-refractivity contribution in [3.8, 4) is 34.1 Å². The number of halogens is 1. The summed E-state index contributed by atoms with van der Waals surface area (Å²) < 4.78 is 11.2. The molecule has 0 unspecified atom stereocenters. The van der Waals surface area contributed by atoms with Crippen LogP contribution in [0, 0.1) is 6.92 Å². The molecule has 0 aliphatic carbocycles. The Morgan fingerprint density at radius 3 is 2.52 bits per heavy atom. The monoisotopic (exact) mass is 701 g/mol. The first kappa shape index (κ1) is 36.7. The fourth-order valence-corrected chi connectivity index (χ4v) is 6.26. The van der Waals surface area contributed by atoms with Crippen molar-refractivity contribution < 1.29 is 24.2 Å². The molecule has 5 rings (SSSR count). The van der Waals surface area contributed by atoms with Crippen LogP contribution in [-0.2, 0) is 17.9 Å². The molecule has 0 radical (unpaired) electrons. The van der Waals surface area contributed by atoms with Gasteiger partial charge >= 0.3 is 0 Å². The molecule has 1 saturated heterocycles. The summed E-state index contributed by atoms with van der Waals surface area (Å²) >= 11 is 7.02. The first-order chi connectivity index (χ1) is 24.1. The third-order valence-electron chi connectivity index (χ3n) is 8.81. The number of hydrogen-bond donors (Lipinski definition) is 4. The van der Waals surface area contributed by atoms with Crippen molar-refractivity contribution in [2.24, 2.45) is 0 Å².